The molecule has 2 aromatic rings. The molecule has 25 heavy (non-hydrogen) atoms. The first kappa shape index (κ1) is 18.8. The quantitative estimate of drug-likeness (QED) is 0.813. The third kappa shape index (κ3) is 7.75. The Hall–Kier alpha value is -2.49. The number of rotatable bonds is 7. The summed E-state index contributed by atoms with van der Waals surface area (Å²) < 4.78 is 11.0. The molecule has 0 aliphatic heterocycles. The SMILES string of the molecule is CC(C)(C)OC(=O)NCCc1ccc(OCCc2ccccc2)cc1. The average molecular weight is 341 g/mol. The highest BCUT2D eigenvalue weighted by Crippen LogP contribution is 2.13. The number of alkyl carbamates (subject to hydrolysis) is 1. The minimum Gasteiger partial charge on any atom is -0.493 e. The van der Waals surface area contributed by atoms with E-state index in [0.29, 0.717) is 13.2 Å². The standard InChI is InChI=1S/C21H27NO3/c1-21(2,3)25-20(23)22-15-13-18-9-11-19(12-10-18)24-16-14-17-7-5-4-6-8-17/h4-12H,13-16H2,1-3H3,(H,22,23). The van der Waals surface area contributed by atoms with Crippen LogP contribution in [0.3, 0.4) is 0 Å². The highest BCUT2D eigenvalue weighted by molar-refractivity contribution is 5.67. The van der Waals surface area contributed by atoms with Crippen LogP contribution in [0, 0.1) is 0 Å². The summed E-state index contributed by atoms with van der Waals surface area (Å²) in [7, 11) is 0. The summed E-state index contributed by atoms with van der Waals surface area (Å²) in [6.45, 7) is 6.75. The van der Waals surface area contributed by atoms with Crippen molar-refractivity contribution in [1.82, 2.24) is 5.32 Å². The van der Waals surface area contributed by atoms with Crippen LogP contribution in [0.4, 0.5) is 4.79 Å². The van der Waals surface area contributed by atoms with Crippen molar-refractivity contribution in [2.75, 3.05) is 13.2 Å². The molecule has 0 bridgehead atoms. The average Bonchev–Trinajstić information content (AvgIpc) is 2.56. The van der Waals surface area contributed by atoms with E-state index in [0.717, 1.165) is 24.2 Å². The van der Waals surface area contributed by atoms with Gasteiger partial charge in [-0.05, 0) is 50.5 Å². The molecule has 134 valence electrons. The van der Waals surface area contributed by atoms with Gasteiger partial charge in [-0.25, -0.2) is 4.79 Å². The van der Waals surface area contributed by atoms with E-state index in [9.17, 15) is 4.79 Å². The predicted molar refractivity (Wildman–Crippen MR) is 100 cm³/mol. The van der Waals surface area contributed by atoms with Crippen LogP contribution in [0.2, 0.25) is 0 Å². The largest absolute Gasteiger partial charge is 0.493 e. The second-order valence-corrected chi connectivity index (χ2v) is 6.91. The van der Waals surface area contributed by atoms with Gasteiger partial charge in [-0.2, -0.15) is 0 Å². The molecule has 0 radical (unpaired) electrons. The molecule has 0 unspecified atom stereocenters. The van der Waals surface area contributed by atoms with Gasteiger partial charge in [0.25, 0.3) is 0 Å². The van der Waals surface area contributed by atoms with E-state index in [-0.39, 0.29) is 6.09 Å². The molecule has 4 heteroatoms. The van der Waals surface area contributed by atoms with Gasteiger partial charge >= 0.3 is 6.09 Å². The summed E-state index contributed by atoms with van der Waals surface area (Å²) in [5.41, 5.74) is 1.95. The van der Waals surface area contributed by atoms with Crippen LogP contribution in [0.15, 0.2) is 54.6 Å². The molecule has 0 aliphatic carbocycles. The Morgan fingerprint density at radius 1 is 0.920 bits per heavy atom. The van der Waals surface area contributed by atoms with Crippen molar-refractivity contribution >= 4 is 6.09 Å². The Labute approximate surface area is 150 Å². The van der Waals surface area contributed by atoms with Crippen LogP contribution >= 0.6 is 0 Å². The zero-order valence-electron chi connectivity index (χ0n) is 15.2. The number of nitrogens with one attached hydrogen (secondary N) is 1. The van der Waals surface area contributed by atoms with Gasteiger partial charge in [-0.1, -0.05) is 42.5 Å². The van der Waals surface area contributed by atoms with Crippen molar-refractivity contribution in [3.63, 3.8) is 0 Å². The van der Waals surface area contributed by atoms with Crippen LogP contribution in [-0.2, 0) is 17.6 Å². The number of carbonyl (C=O) groups excluding carboxylic acids is 1. The first-order chi connectivity index (χ1) is 11.9. The van der Waals surface area contributed by atoms with Crippen molar-refractivity contribution < 1.29 is 14.3 Å². The minimum absolute atomic E-state index is 0.381. The lowest BCUT2D eigenvalue weighted by Gasteiger charge is -2.19. The predicted octanol–water partition coefficient (Wildman–Crippen LogP) is 4.38. The van der Waals surface area contributed by atoms with Crippen LogP contribution in [-0.4, -0.2) is 24.8 Å². The van der Waals surface area contributed by atoms with E-state index in [4.69, 9.17) is 9.47 Å². The zero-order valence-corrected chi connectivity index (χ0v) is 15.2. The fourth-order valence-electron chi connectivity index (χ4n) is 2.31. The summed E-state index contributed by atoms with van der Waals surface area (Å²) in [4.78, 5) is 11.6. The molecule has 0 fully saturated rings. The Morgan fingerprint density at radius 2 is 1.56 bits per heavy atom. The van der Waals surface area contributed by atoms with Crippen LogP contribution in [0.1, 0.15) is 31.9 Å². The number of hydrogen-bond donors (Lipinski definition) is 1. The van der Waals surface area contributed by atoms with Crippen molar-refractivity contribution in [2.45, 2.75) is 39.2 Å². The molecule has 0 atom stereocenters. The highest BCUT2D eigenvalue weighted by atomic mass is 16.6. The second kappa shape index (κ2) is 9.11. The van der Waals surface area contributed by atoms with Gasteiger partial charge in [0, 0.05) is 13.0 Å². The fourth-order valence-corrected chi connectivity index (χ4v) is 2.31. The van der Waals surface area contributed by atoms with E-state index in [1.54, 1.807) is 0 Å². The van der Waals surface area contributed by atoms with Crippen LogP contribution in [0.25, 0.3) is 0 Å². The number of benzene rings is 2. The van der Waals surface area contributed by atoms with Gasteiger partial charge in [-0.3, -0.25) is 0 Å². The van der Waals surface area contributed by atoms with Gasteiger partial charge in [-0.15, -0.1) is 0 Å². The highest BCUT2D eigenvalue weighted by Gasteiger charge is 2.15. The number of ether oxygens (including phenoxy) is 2. The summed E-state index contributed by atoms with van der Waals surface area (Å²) in [6, 6.07) is 18.3. The van der Waals surface area contributed by atoms with Crippen molar-refractivity contribution in [2.24, 2.45) is 0 Å². The number of carbonyl (C=O) groups is 1. The fraction of sp³-hybridized carbons (Fsp3) is 0.381. The molecule has 4 nitrogen and oxygen atoms in total. The summed E-state index contributed by atoms with van der Waals surface area (Å²) in [6.07, 6.45) is 1.26. The lowest BCUT2D eigenvalue weighted by molar-refractivity contribution is 0.0528. The Kier molecular flexibility index (Phi) is 6.87. The number of hydrogen-bond acceptors (Lipinski definition) is 3. The first-order valence-electron chi connectivity index (χ1n) is 8.65. The normalized spacial score (nSPS) is 11.0. The molecular weight excluding hydrogens is 314 g/mol. The molecular formula is C21H27NO3. The van der Waals surface area contributed by atoms with E-state index in [2.05, 4.69) is 17.4 Å². The van der Waals surface area contributed by atoms with Crippen molar-refractivity contribution in [1.29, 1.82) is 0 Å². The Bertz CT molecular complexity index is 645. The molecule has 2 rings (SSSR count). The van der Waals surface area contributed by atoms with Gasteiger partial charge in [0.05, 0.1) is 6.61 Å². The third-order valence-electron chi connectivity index (χ3n) is 3.51. The molecule has 1 amide bonds. The molecule has 2 aromatic carbocycles. The summed E-state index contributed by atoms with van der Waals surface area (Å²) in [5.74, 6) is 0.861. The molecule has 0 saturated heterocycles. The lowest BCUT2D eigenvalue weighted by Crippen LogP contribution is -2.33. The van der Waals surface area contributed by atoms with Crippen molar-refractivity contribution in [3.05, 3.63) is 65.7 Å². The van der Waals surface area contributed by atoms with Crippen LogP contribution in [0.5, 0.6) is 5.75 Å². The minimum atomic E-state index is -0.469. The molecule has 0 heterocycles. The van der Waals surface area contributed by atoms with Crippen molar-refractivity contribution in [3.8, 4) is 5.75 Å². The maximum Gasteiger partial charge on any atom is 0.407 e. The molecule has 1 N–H and O–H groups in total. The summed E-state index contributed by atoms with van der Waals surface area (Å²) in [5, 5.41) is 2.76. The summed E-state index contributed by atoms with van der Waals surface area (Å²) >= 11 is 0. The monoisotopic (exact) mass is 341 g/mol. The molecule has 0 saturated carbocycles. The first-order valence-corrected chi connectivity index (χ1v) is 8.65. The third-order valence-corrected chi connectivity index (χ3v) is 3.51. The zero-order chi connectivity index (χ0) is 18.1. The van der Waals surface area contributed by atoms with E-state index < -0.39 is 5.60 Å². The van der Waals surface area contributed by atoms with Gasteiger partial charge in [0.1, 0.15) is 11.4 Å². The van der Waals surface area contributed by atoms with Gasteiger partial charge in [0.2, 0.25) is 0 Å². The topological polar surface area (TPSA) is 47.6 Å². The Balaban J connectivity index is 1.68. The maximum atomic E-state index is 11.6. The smallest absolute Gasteiger partial charge is 0.407 e. The molecule has 0 aliphatic rings. The van der Waals surface area contributed by atoms with E-state index >= 15 is 0 Å². The van der Waals surface area contributed by atoms with Crippen LogP contribution < -0.4 is 10.1 Å². The molecule has 0 spiro atoms. The Morgan fingerprint density at radius 3 is 2.20 bits per heavy atom. The molecule has 0 aromatic heterocycles. The number of amides is 1. The van der Waals surface area contributed by atoms with Gasteiger partial charge < -0.3 is 14.8 Å². The lowest BCUT2D eigenvalue weighted by atomic mass is 10.1. The van der Waals surface area contributed by atoms with E-state index in [1.165, 1.54) is 5.56 Å². The van der Waals surface area contributed by atoms with Gasteiger partial charge in [0.15, 0.2) is 0 Å². The maximum absolute atomic E-state index is 11.6. The second-order valence-electron chi connectivity index (χ2n) is 6.91. The van der Waals surface area contributed by atoms with E-state index in [1.807, 2.05) is 63.2 Å².